The highest BCUT2D eigenvalue weighted by Crippen LogP contribution is 2.17. The number of carbonyl (C=O) groups is 2. The van der Waals surface area contributed by atoms with E-state index in [0.717, 1.165) is 37.0 Å². The predicted molar refractivity (Wildman–Crippen MR) is 112 cm³/mol. The number of ether oxygens (including phenoxy) is 1. The summed E-state index contributed by atoms with van der Waals surface area (Å²) in [5.41, 5.74) is 1.84. The van der Waals surface area contributed by atoms with Crippen LogP contribution in [0.25, 0.3) is 0 Å². The SMILES string of the molecule is COc1ccc(CCNC(=O)c2cc(C(=O)NC3CCCCCC3)ccn2)cc1. The van der Waals surface area contributed by atoms with Gasteiger partial charge in [-0.3, -0.25) is 14.6 Å². The third kappa shape index (κ3) is 6.31. The molecule has 154 valence electrons. The molecule has 0 saturated heterocycles. The van der Waals surface area contributed by atoms with E-state index in [-0.39, 0.29) is 23.6 Å². The monoisotopic (exact) mass is 395 g/mol. The van der Waals surface area contributed by atoms with E-state index in [9.17, 15) is 9.59 Å². The number of carbonyl (C=O) groups excluding carboxylic acids is 2. The summed E-state index contributed by atoms with van der Waals surface area (Å²) in [7, 11) is 1.63. The second-order valence-electron chi connectivity index (χ2n) is 7.45. The number of nitrogens with zero attached hydrogens (tertiary/aromatic N) is 1. The van der Waals surface area contributed by atoms with Crippen LogP contribution in [0.5, 0.6) is 5.75 Å². The number of pyridine rings is 1. The van der Waals surface area contributed by atoms with E-state index >= 15 is 0 Å². The first-order valence-corrected chi connectivity index (χ1v) is 10.3. The Morgan fingerprint density at radius 2 is 1.76 bits per heavy atom. The van der Waals surface area contributed by atoms with E-state index in [1.807, 2.05) is 24.3 Å². The Morgan fingerprint density at radius 1 is 1.03 bits per heavy atom. The van der Waals surface area contributed by atoms with Crippen LogP contribution in [0.1, 0.15) is 64.9 Å². The van der Waals surface area contributed by atoms with Crippen molar-refractivity contribution in [2.45, 2.75) is 51.0 Å². The second-order valence-corrected chi connectivity index (χ2v) is 7.45. The van der Waals surface area contributed by atoms with Gasteiger partial charge in [0, 0.05) is 24.3 Å². The number of hydrogen-bond donors (Lipinski definition) is 2. The molecule has 2 N–H and O–H groups in total. The van der Waals surface area contributed by atoms with Gasteiger partial charge >= 0.3 is 0 Å². The quantitative estimate of drug-likeness (QED) is 0.703. The molecule has 29 heavy (non-hydrogen) atoms. The highest BCUT2D eigenvalue weighted by atomic mass is 16.5. The first-order valence-electron chi connectivity index (χ1n) is 10.3. The average molecular weight is 396 g/mol. The van der Waals surface area contributed by atoms with Crippen LogP contribution in [0.2, 0.25) is 0 Å². The van der Waals surface area contributed by atoms with Gasteiger partial charge in [-0.05, 0) is 49.1 Å². The van der Waals surface area contributed by atoms with E-state index in [1.165, 1.54) is 19.0 Å². The van der Waals surface area contributed by atoms with Gasteiger partial charge in [0.05, 0.1) is 7.11 Å². The molecule has 3 rings (SSSR count). The molecule has 2 amide bonds. The van der Waals surface area contributed by atoms with Crippen LogP contribution in [0.15, 0.2) is 42.6 Å². The zero-order chi connectivity index (χ0) is 20.5. The smallest absolute Gasteiger partial charge is 0.269 e. The molecule has 0 bridgehead atoms. The maximum atomic E-state index is 12.6. The molecular formula is C23H29N3O3. The molecule has 0 radical (unpaired) electrons. The minimum atomic E-state index is -0.275. The van der Waals surface area contributed by atoms with Crippen LogP contribution in [-0.2, 0) is 6.42 Å². The average Bonchev–Trinajstić information content (AvgIpc) is 3.03. The van der Waals surface area contributed by atoms with Crippen molar-refractivity contribution in [1.82, 2.24) is 15.6 Å². The number of methoxy groups -OCH3 is 1. The lowest BCUT2D eigenvalue weighted by Crippen LogP contribution is -2.34. The Hall–Kier alpha value is -2.89. The molecule has 0 unspecified atom stereocenters. The van der Waals surface area contributed by atoms with Crippen molar-refractivity contribution in [2.24, 2.45) is 0 Å². The number of aromatic nitrogens is 1. The molecule has 1 heterocycles. The molecule has 1 aromatic heterocycles. The summed E-state index contributed by atoms with van der Waals surface area (Å²) in [6.07, 6.45) is 9.06. The number of hydrogen-bond acceptors (Lipinski definition) is 4. The van der Waals surface area contributed by atoms with Crippen LogP contribution in [0.4, 0.5) is 0 Å². The van der Waals surface area contributed by atoms with Crippen LogP contribution in [0, 0.1) is 0 Å². The minimum absolute atomic E-state index is 0.133. The third-order valence-electron chi connectivity index (χ3n) is 5.30. The maximum Gasteiger partial charge on any atom is 0.269 e. The summed E-state index contributed by atoms with van der Waals surface area (Å²) < 4.78 is 5.14. The lowest BCUT2D eigenvalue weighted by molar-refractivity contribution is 0.0933. The summed E-state index contributed by atoms with van der Waals surface area (Å²) in [5, 5.41) is 5.97. The molecule has 6 nitrogen and oxygen atoms in total. The third-order valence-corrected chi connectivity index (χ3v) is 5.30. The van der Waals surface area contributed by atoms with Crippen molar-refractivity contribution in [3.05, 3.63) is 59.4 Å². The van der Waals surface area contributed by atoms with Gasteiger partial charge in [0.15, 0.2) is 0 Å². The first kappa shape index (κ1) is 20.8. The highest BCUT2D eigenvalue weighted by Gasteiger charge is 2.17. The van der Waals surface area contributed by atoms with E-state index in [2.05, 4.69) is 15.6 Å². The van der Waals surface area contributed by atoms with Gasteiger partial charge in [-0.1, -0.05) is 37.8 Å². The zero-order valence-electron chi connectivity index (χ0n) is 16.9. The maximum absolute atomic E-state index is 12.6. The van der Waals surface area contributed by atoms with Gasteiger partial charge in [0.1, 0.15) is 11.4 Å². The van der Waals surface area contributed by atoms with Gasteiger partial charge in [0.25, 0.3) is 11.8 Å². The van der Waals surface area contributed by atoms with Crippen LogP contribution in [0.3, 0.4) is 0 Å². The fourth-order valence-corrected chi connectivity index (χ4v) is 3.59. The van der Waals surface area contributed by atoms with E-state index < -0.39 is 0 Å². The Labute approximate surface area is 172 Å². The molecule has 0 aliphatic heterocycles. The molecule has 2 aromatic rings. The van der Waals surface area contributed by atoms with Crippen molar-refractivity contribution >= 4 is 11.8 Å². The second kappa shape index (κ2) is 10.6. The Bertz CT molecular complexity index is 812. The summed E-state index contributed by atoms with van der Waals surface area (Å²) in [5.74, 6) is 0.398. The fourth-order valence-electron chi connectivity index (χ4n) is 3.59. The fraction of sp³-hybridized carbons (Fsp3) is 0.435. The summed E-state index contributed by atoms with van der Waals surface area (Å²) >= 11 is 0. The Kier molecular flexibility index (Phi) is 7.61. The molecule has 1 fully saturated rings. The van der Waals surface area contributed by atoms with Crippen molar-refractivity contribution in [1.29, 1.82) is 0 Å². The van der Waals surface area contributed by atoms with Crippen molar-refractivity contribution in [3.8, 4) is 5.75 Å². The molecule has 0 atom stereocenters. The number of nitrogens with one attached hydrogen (secondary N) is 2. The van der Waals surface area contributed by atoms with E-state index in [0.29, 0.717) is 18.5 Å². The van der Waals surface area contributed by atoms with Gasteiger partial charge in [-0.15, -0.1) is 0 Å². The van der Waals surface area contributed by atoms with Crippen LogP contribution < -0.4 is 15.4 Å². The largest absolute Gasteiger partial charge is 0.497 e. The van der Waals surface area contributed by atoms with E-state index in [1.54, 1.807) is 19.2 Å². The van der Waals surface area contributed by atoms with Crippen LogP contribution in [-0.4, -0.2) is 36.5 Å². The Balaban J connectivity index is 1.52. The molecule has 1 aliphatic carbocycles. The summed E-state index contributed by atoms with van der Waals surface area (Å²) in [6, 6.07) is 11.2. The predicted octanol–water partition coefficient (Wildman–Crippen LogP) is 3.52. The van der Waals surface area contributed by atoms with Crippen LogP contribution >= 0.6 is 0 Å². The summed E-state index contributed by atoms with van der Waals surface area (Å²) in [4.78, 5) is 29.1. The number of benzene rings is 1. The first-order chi connectivity index (χ1) is 14.2. The summed E-state index contributed by atoms with van der Waals surface area (Å²) in [6.45, 7) is 0.491. The molecule has 1 aromatic carbocycles. The van der Waals surface area contributed by atoms with Crippen molar-refractivity contribution in [3.63, 3.8) is 0 Å². The van der Waals surface area contributed by atoms with Crippen molar-refractivity contribution < 1.29 is 14.3 Å². The lowest BCUT2D eigenvalue weighted by Gasteiger charge is -2.16. The molecular weight excluding hydrogens is 366 g/mol. The molecule has 1 saturated carbocycles. The standard InChI is InChI=1S/C23H29N3O3/c1-29-20-10-8-17(9-11-20)12-14-25-23(28)21-16-18(13-15-24-21)22(27)26-19-6-4-2-3-5-7-19/h8-11,13,15-16,19H,2-7,12,14H2,1H3,(H,25,28)(H,26,27). The molecule has 0 spiro atoms. The highest BCUT2D eigenvalue weighted by molar-refractivity contribution is 5.98. The van der Waals surface area contributed by atoms with Gasteiger partial charge < -0.3 is 15.4 Å². The normalized spacial score (nSPS) is 14.7. The number of rotatable bonds is 7. The molecule has 1 aliphatic rings. The minimum Gasteiger partial charge on any atom is -0.497 e. The molecule has 6 heteroatoms. The zero-order valence-corrected chi connectivity index (χ0v) is 16.9. The van der Waals surface area contributed by atoms with Crippen molar-refractivity contribution in [2.75, 3.05) is 13.7 Å². The Morgan fingerprint density at radius 3 is 2.45 bits per heavy atom. The number of amides is 2. The van der Waals surface area contributed by atoms with Gasteiger partial charge in [-0.2, -0.15) is 0 Å². The van der Waals surface area contributed by atoms with Gasteiger partial charge in [-0.25, -0.2) is 0 Å². The van der Waals surface area contributed by atoms with Gasteiger partial charge in [0.2, 0.25) is 0 Å². The van der Waals surface area contributed by atoms with E-state index in [4.69, 9.17) is 4.74 Å². The topological polar surface area (TPSA) is 80.3 Å². The lowest BCUT2D eigenvalue weighted by atomic mass is 10.1.